The summed E-state index contributed by atoms with van der Waals surface area (Å²) in [5.41, 5.74) is 1.24. The summed E-state index contributed by atoms with van der Waals surface area (Å²) in [6.45, 7) is 0.692. The minimum absolute atomic E-state index is 0.0314. The van der Waals surface area contributed by atoms with Crippen LogP contribution in [0, 0.1) is 0 Å². The van der Waals surface area contributed by atoms with Gasteiger partial charge in [-0.3, -0.25) is 4.79 Å². The number of halogens is 1. The van der Waals surface area contributed by atoms with Gasteiger partial charge in [0.25, 0.3) is 0 Å². The first-order valence-electron chi connectivity index (χ1n) is 8.64. The van der Waals surface area contributed by atoms with Crippen LogP contribution in [0.1, 0.15) is 17.0 Å². The molecule has 0 aliphatic carbocycles. The van der Waals surface area contributed by atoms with Gasteiger partial charge in [-0.2, -0.15) is 0 Å². The molecule has 27 heavy (non-hydrogen) atoms. The highest BCUT2D eigenvalue weighted by molar-refractivity contribution is 6.30. The SMILES string of the molecule is O=C(NCCOc1ccccc1)C(c1ccccc1)c1cc(Cl)ccc1O. The molecule has 0 fully saturated rings. The molecule has 3 aromatic rings. The largest absolute Gasteiger partial charge is 0.508 e. The van der Waals surface area contributed by atoms with Crippen molar-refractivity contribution in [2.75, 3.05) is 13.2 Å². The van der Waals surface area contributed by atoms with E-state index in [0.29, 0.717) is 23.7 Å². The molecule has 1 amide bonds. The summed E-state index contributed by atoms with van der Waals surface area (Å²) in [5.74, 6) is -0.111. The van der Waals surface area contributed by atoms with Crippen molar-refractivity contribution in [1.82, 2.24) is 5.32 Å². The number of aromatic hydroxyl groups is 1. The summed E-state index contributed by atoms with van der Waals surface area (Å²) in [6, 6.07) is 23.4. The number of phenols is 1. The van der Waals surface area contributed by atoms with Gasteiger partial charge in [0.15, 0.2) is 0 Å². The summed E-state index contributed by atoms with van der Waals surface area (Å²) in [6.07, 6.45) is 0. The zero-order chi connectivity index (χ0) is 19.1. The van der Waals surface area contributed by atoms with E-state index in [4.69, 9.17) is 16.3 Å². The molecule has 0 saturated carbocycles. The second-order valence-corrected chi connectivity index (χ2v) is 6.44. The fourth-order valence-electron chi connectivity index (χ4n) is 2.84. The molecule has 0 heterocycles. The Bertz CT molecular complexity index is 885. The van der Waals surface area contributed by atoms with Crippen LogP contribution in [-0.2, 0) is 4.79 Å². The predicted molar refractivity (Wildman–Crippen MR) is 106 cm³/mol. The minimum atomic E-state index is -0.665. The number of nitrogens with one attached hydrogen (secondary N) is 1. The molecule has 3 aromatic carbocycles. The number of hydrogen-bond acceptors (Lipinski definition) is 3. The lowest BCUT2D eigenvalue weighted by molar-refractivity contribution is -0.121. The fourth-order valence-corrected chi connectivity index (χ4v) is 3.02. The lowest BCUT2D eigenvalue weighted by Gasteiger charge is -2.19. The van der Waals surface area contributed by atoms with E-state index in [9.17, 15) is 9.90 Å². The maximum absolute atomic E-state index is 12.9. The van der Waals surface area contributed by atoms with Crippen molar-refractivity contribution >= 4 is 17.5 Å². The number of carbonyl (C=O) groups is 1. The van der Waals surface area contributed by atoms with Crippen LogP contribution in [0.5, 0.6) is 11.5 Å². The van der Waals surface area contributed by atoms with Gasteiger partial charge in [0, 0.05) is 10.6 Å². The molecule has 0 bridgehead atoms. The average Bonchev–Trinajstić information content (AvgIpc) is 2.70. The van der Waals surface area contributed by atoms with Gasteiger partial charge in [-0.25, -0.2) is 0 Å². The van der Waals surface area contributed by atoms with E-state index in [1.165, 1.54) is 6.07 Å². The molecule has 0 spiro atoms. The number of para-hydroxylation sites is 1. The number of benzene rings is 3. The van der Waals surface area contributed by atoms with Crippen molar-refractivity contribution in [3.63, 3.8) is 0 Å². The monoisotopic (exact) mass is 381 g/mol. The Labute approximate surface area is 163 Å². The van der Waals surface area contributed by atoms with E-state index in [0.717, 1.165) is 11.3 Å². The molecular weight excluding hydrogens is 362 g/mol. The Balaban J connectivity index is 1.73. The first-order chi connectivity index (χ1) is 13.1. The van der Waals surface area contributed by atoms with Crippen molar-refractivity contribution in [3.8, 4) is 11.5 Å². The second kappa shape index (κ2) is 9.10. The van der Waals surface area contributed by atoms with E-state index in [1.807, 2.05) is 60.7 Å². The van der Waals surface area contributed by atoms with Gasteiger partial charge < -0.3 is 15.2 Å². The Hall–Kier alpha value is -2.98. The summed E-state index contributed by atoms with van der Waals surface area (Å²) in [4.78, 5) is 12.9. The number of carbonyl (C=O) groups excluding carboxylic acids is 1. The molecule has 1 atom stereocenters. The van der Waals surface area contributed by atoms with Crippen LogP contribution in [0.25, 0.3) is 0 Å². The quantitative estimate of drug-likeness (QED) is 0.597. The molecular formula is C22H20ClNO3. The third kappa shape index (κ3) is 5.02. The summed E-state index contributed by atoms with van der Waals surface area (Å²) >= 11 is 6.08. The van der Waals surface area contributed by atoms with E-state index < -0.39 is 5.92 Å². The summed E-state index contributed by atoms with van der Waals surface area (Å²) < 4.78 is 5.61. The fraction of sp³-hybridized carbons (Fsp3) is 0.136. The molecule has 1 unspecified atom stereocenters. The maximum atomic E-state index is 12.9. The Morgan fingerprint density at radius 2 is 1.67 bits per heavy atom. The number of amides is 1. The third-order valence-corrected chi connectivity index (χ3v) is 4.34. The minimum Gasteiger partial charge on any atom is -0.508 e. The molecule has 0 radical (unpaired) electrons. The zero-order valence-corrected chi connectivity index (χ0v) is 15.4. The van der Waals surface area contributed by atoms with Crippen LogP contribution in [0.3, 0.4) is 0 Å². The van der Waals surface area contributed by atoms with Gasteiger partial charge in [0.1, 0.15) is 18.1 Å². The first kappa shape index (κ1) is 18.8. The maximum Gasteiger partial charge on any atom is 0.232 e. The predicted octanol–water partition coefficient (Wildman–Crippen LogP) is 4.37. The van der Waals surface area contributed by atoms with Crippen LogP contribution >= 0.6 is 11.6 Å². The number of rotatable bonds is 7. The summed E-state index contributed by atoms with van der Waals surface area (Å²) in [5, 5.41) is 13.6. The lowest BCUT2D eigenvalue weighted by atomic mass is 9.90. The van der Waals surface area contributed by atoms with Gasteiger partial charge in [0.05, 0.1) is 12.5 Å². The highest BCUT2D eigenvalue weighted by atomic mass is 35.5. The Morgan fingerprint density at radius 3 is 2.37 bits per heavy atom. The van der Waals surface area contributed by atoms with Crippen molar-refractivity contribution < 1.29 is 14.6 Å². The molecule has 5 heteroatoms. The highest BCUT2D eigenvalue weighted by Crippen LogP contribution is 2.33. The lowest BCUT2D eigenvalue weighted by Crippen LogP contribution is -2.33. The van der Waals surface area contributed by atoms with Gasteiger partial charge in [-0.05, 0) is 35.9 Å². The Morgan fingerprint density at radius 1 is 1.00 bits per heavy atom. The second-order valence-electron chi connectivity index (χ2n) is 6.00. The standard InChI is InChI=1S/C22H20ClNO3/c23-17-11-12-20(25)19(15-17)21(16-7-3-1-4-8-16)22(26)24-13-14-27-18-9-5-2-6-10-18/h1-12,15,21,25H,13-14H2,(H,24,26). The van der Waals surface area contributed by atoms with E-state index >= 15 is 0 Å². The zero-order valence-electron chi connectivity index (χ0n) is 14.6. The molecule has 0 aliphatic rings. The summed E-state index contributed by atoms with van der Waals surface area (Å²) in [7, 11) is 0. The normalized spacial score (nSPS) is 11.6. The topological polar surface area (TPSA) is 58.6 Å². The molecule has 0 aliphatic heterocycles. The molecule has 4 nitrogen and oxygen atoms in total. The average molecular weight is 382 g/mol. The molecule has 2 N–H and O–H groups in total. The van der Waals surface area contributed by atoms with Crippen LogP contribution in [-0.4, -0.2) is 24.2 Å². The Kier molecular flexibility index (Phi) is 6.34. The van der Waals surface area contributed by atoms with Gasteiger partial charge >= 0.3 is 0 Å². The van der Waals surface area contributed by atoms with Crippen molar-refractivity contribution in [1.29, 1.82) is 0 Å². The number of phenolic OH excluding ortho intramolecular Hbond substituents is 1. The van der Waals surface area contributed by atoms with Crippen LogP contribution in [0.2, 0.25) is 5.02 Å². The van der Waals surface area contributed by atoms with Crippen molar-refractivity contribution in [2.45, 2.75) is 5.92 Å². The highest BCUT2D eigenvalue weighted by Gasteiger charge is 2.25. The molecule has 0 aromatic heterocycles. The molecule has 0 saturated heterocycles. The van der Waals surface area contributed by atoms with E-state index in [2.05, 4.69) is 5.32 Å². The number of hydrogen-bond donors (Lipinski definition) is 2. The van der Waals surface area contributed by atoms with Gasteiger partial charge in [0.2, 0.25) is 5.91 Å². The number of ether oxygens (including phenoxy) is 1. The van der Waals surface area contributed by atoms with Gasteiger partial charge in [-0.15, -0.1) is 0 Å². The van der Waals surface area contributed by atoms with Crippen molar-refractivity contribution in [3.05, 3.63) is 95.0 Å². The first-order valence-corrected chi connectivity index (χ1v) is 9.02. The van der Waals surface area contributed by atoms with Crippen LogP contribution in [0.15, 0.2) is 78.9 Å². The third-order valence-electron chi connectivity index (χ3n) is 4.11. The van der Waals surface area contributed by atoms with Gasteiger partial charge in [-0.1, -0.05) is 60.1 Å². The van der Waals surface area contributed by atoms with E-state index in [1.54, 1.807) is 12.1 Å². The van der Waals surface area contributed by atoms with Crippen LogP contribution < -0.4 is 10.1 Å². The molecule has 3 rings (SSSR count). The van der Waals surface area contributed by atoms with Crippen molar-refractivity contribution in [2.24, 2.45) is 0 Å². The smallest absolute Gasteiger partial charge is 0.232 e. The van der Waals surface area contributed by atoms with Crippen LogP contribution in [0.4, 0.5) is 0 Å². The van der Waals surface area contributed by atoms with E-state index in [-0.39, 0.29) is 11.7 Å². The molecule has 138 valence electrons.